The van der Waals surface area contributed by atoms with E-state index in [1.165, 1.54) is 83.5 Å². The SMILES string of the molecule is CCCCCCCCCCCCCCCCNC(=O)C1CC[N+]1(CO)CCCc1nc2c(Cl)c(C)[nH]n2n1. The minimum absolute atomic E-state index is 0.000616. The molecule has 0 aromatic carbocycles. The van der Waals surface area contributed by atoms with E-state index in [1.807, 2.05) is 6.92 Å². The smallest absolute Gasteiger partial charge is 0.278 e. The van der Waals surface area contributed by atoms with Crippen LogP contribution in [0.25, 0.3) is 5.65 Å². The fraction of sp³-hybridized carbons (Fsp3) is 0.828. The Bertz CT molecular complexity index is 956. The molecule has 9 heteroatoms. The van der Waals surface area contributed by atoms with Crippen molar-refractivity contribution in [3.8, 4) is 0 Å². The van der Waals surface area contributed by atoms with Crippen LogP contribution in [0.15, 0.2) is 0 Å². The second-order valence-electron chi connectivity index (χ2n) is 11.4. The topological polar surface area (TPSA) is 95.3 Å². The van der Waals surface area contributed by atoms with Gasteiger partial charge in [-0.2, -0.15) is 4.63 Å². The number of aryl methyl sites for hydroxylation is 2. The molecule has 2 atom stereocenters. The van der Waals surface area contributed by atoms with Gasteiger partial charge in [0.05, 0.1) is 25.2 Å². The summed E-state index contributed by atoms with van der Waals surface area (Å²) in [6.07, 6.45) is 21.0. The molecule has 2 unspecified atom stereocenters. The monoisotopic (exact) mass is 551 g/mol. The van der Waals surface area contributed by atoms with Gasteiger partial charge in [0, 0.05) is 19.4 Å². The highest BCUT2D eigenvalue weighted by Gasteiger charge is 2.49. The minimum atomic E-state index is -0.145. The lowest BCUT2D eigenvalue weighted by Crippen LogP contribution is -2.70. The Kier molecular flexibility index (Phi) is 13.4. The fourth-order valence-corrected chi connectivity index (χ4v) is 5.93. The minimum Gasteiger partial charge on any atom is -0.351 e. The predicted molar refractivity (Wildman–Crippen MR) is 154 cm³/mol. The van der Waals surface area contributed by atoms with E-state index in [2.05, 4.69) is 27.4 Å². The molecule has 0 bridgehead atoms. The van der Waals surface area contributed by atoms with Gasteiger partial charge in [-0.05, 0) is 13.3 Å². The molecule has 0 aliphatic carbocycles. The molecule has 1 amide bonds. The number of fused-ring (bicyclic) bond motifs is 1. The van der Waals surface area contributed by atoms with Gasteiger partial charge in [-0.1, -0.05) is 102 Å². The average molecular weight is 552 g/mol. The third kappa shape index (κ3) is 8.95. The summed E-state index contributed by atoms with van der Waals surface area (Å²) in [5, 5.41) is 21.4. The number of hydrogen-bond acceptors (Lipinski definition) is 4. The first kappa shape index (κ1) is 30.9. The lowest BCUT2D eigenvalue weighted by molar-refractivity contribution is -0.995. The average Bonchev–Trinajstić information content (AvgIpc) is 3.40. The van der Waals surface area contributed by atoms with Gasteiger partial charge < -0.3 is 10.4 Å². The van der Waals surface area contributed by atoms with Crippen molar-refractivity contribution in [1.29, 1.82) is 0 Å². The third-order valence-corrected chi connectivity index (χ3v) is 8.83. The summed E-state index contributed by atoms with van der Waals surface area (Å²) >= 11 is 6.25. The molecule has 3 rings (SSSR count). The molecular formula is C29H52ClN6O2+. The number of aromatic amines is 1. The summed E-state index contributed by atoms with van der Waals surface area (Å²) in [6.45, 7) is 6.49. The maximum absolute atomic E-state index is 12.8. The Morgan fingerprint density at radius 2 is 1.63 bits per heavy atom. The van der Waals surface area contributed by atoms with E-state index in [0.29, 0.717) is 21.6 Å². The first-order chi connectivity index (χ1) is 18.5. The maximum Gasteiger partial charge on any atom is 0.278 e. The van der Waals surface area contributed by atoms with Gasteiger partial charge in [-0.3, -0.25) is 14.4 Å². The van der Waals surface area contributed by atoms with E-state index in [-0.39, 0.29) is 18.7 Å². The van der Waals surface area contributed by atoms with E-state index in [1.54, 1.807) is 4.63 Å². The molecule has 0 spiro atoms. The predicted octanol–water partition coefficient (Wildman–Crippen LogP) is 6.09. The van der Waals surface area contributed by atoms with E-state index in [0.717, 1.165) is 50.4 Å². The Balaban J connectivity index is 1.21. The van der Waals surface area contributed by atoms with Gasteiger partial charge in [0.2, 0.25) is 0 Å². The summed E-state index contributed by atoms with van der Waals surface area (Å²) in [7, 11) is 0. The van der Waals surface area contributed by atoms with Crippen LogP contribution in [0.1, 0.15) is 121 Å². The van der Waals surface area contributed by atoms with Crippen molar-refractivity contribution < 1.29 is 14.4 Å². The number of aliphatic hydroxyl groups excluding tert-OH is 1. The van der Waals surface area contributed by atoms with Crippen molar-refractivity contribution in [3.05, 3.63) is 16.5 Å². The second kappa shape index (κ2) is 16.5. The molecule has 216 valence electrons. The summed E-state index contributed by atoms with van der Waals surface area (Å²) in [5.74, 6) is 0.823. The molecule has 1 aliphatic heterocycles. The number of unbranched alkanes of at least 4 members (excludes halogenated alkanes) is 13. The molecular weight excluding hydrogens is 500 g/mol. The zero-order chi connectivity index (χ0) is 27.2. The first-order valence-electron chi connectivity index (χ1n) is 15.3. The number of H-pyrrole nitrogens is 1. The molecule has 8 nitrogen and oxygen atoms in total. The second-order valence-corrected chi connectivity index (χ2v) is 11.8. The van der Waals surface area contributed by atoms with Crippen LogP contribution < -0.4 is 5.32 Å². The first-order valence-corrected chi connectivity index (χ1v) is 15.7. The molecule has 2 aromatic heterocycles. The van der Waals surface area contributed by atoms with Gasteiger partial charge in [-0.25, -0.2) is 4.98 Å². The van der Waals surface area contributed by atoms with Crippen molar-refractivity contribution >= 4 is 23.2 Å². The van der Waals surface area contributed by atoms with Crippen LogP contribution in [0.3, 0.4) is 0 Å². The highest BCUT2D eigenvalue weighted by atomic mass is 35.5. The number of rotatable bonds is 21. The number of amides is 1. The van der Waals surface area contributed by atoms with Gasteiger partial charge in [0.15, 0.2) is 24.2 Å². The Morgan fingerprint density at radius 1 is 1.03 bits per heavy atom. The normalized spacial score (nSPS) is 19.2. The van der Waals surface area contributed by atoms with Crippen molar-refractivity contribution in [2.75, 3.05) is 26.4 Å². The van der Waals surface area contributed by atoms with Crippen molar-refractivity contribution in [2.24, 2.45) is 0 Å². The number of carbonyl (C=O) groups excluding carboxylic acids is 1. The van der Waals surface area contributed by atoms with Crippen LogP contribution in [-0.4, -0.2) is 67.7 Å². The lowest BCUT2D eigenvalue weighted by Gasteiger charge is -2.50. The van der Waals surface area contributed by atoms with Crippen LogP contribution in [-0.2, 0) is 11.2 Å². The van der Waals surface area contributed by atoms with E-state index < -0.39 is 0 Å². The number of carbonyl (C=O) groups is 1. The molecule has 0 radical (unpaired) electrons. The number of halogens is 1. The summed E-state index contributed by atoms with van der Waals surface area (Å²) in [4.78, 5) is 17.4. The molecule has 3 N–H and O–H groups in total. The van der Waals surface area contributed by atoms with Crippen molar-refractivity contribution in [2.45, 2.75) is 129 Å². The zero-order valence-electron chi connectivity index (χ0n) is 23.9. The van der Waals surface area contributed by atoms with Gasteiger partial charge in [-0.15, -0.1) is 5.10 Å². The number of nitrogens with zero attached hydrogens (tertiary/aromatic N) is 4. The van der Waals surface area contributed by atoms with E-state index in [9.17, 15) is 9.90 Å². The highest BCUT2D eigenvalue weighted by Crippen LogP contribution is 2.29. The van der Waals surface area contributed by atoms with Gasteiger partial charge in [0.1, 0.15) is 5.02 Å². The molecule has 1 saturated heterocycles. The Labute approximate surface area is 234 Å². The molecule has 0 saturated carbocycles. The van der Waals surface area contributed by atoms with Crippen LogP contribution >= 0.6 is 11.6 Å². The highest BCUT2D eigenvalue weighted by molar-refractivity contribution is 6.34. The number of quaternary nitrogens is 1. The zero-order valence-corrected chi connectivity index (χ0v) is 24.7. The molecule has 2 aromatic rings. The third-order valence-electron chi connectivity index (χ3n) is 8.38. The van der Waals surface area contributed by atoms with Crippen molar-refractivity contribution in [1.82, 2.24) is 25.1 Å². The Morgan fingerprint density at radius 3 is 2.16 bits per heavy atom. The fourth-order valence-electron chi connectivity index (χ4n) is 5.77. The van der Waals surface area contributed by atoms with Crippen molar-refractivity contribution in [3.63, 3.8) is 0 Å². The number of likely N-dealkylation sites (tertiary alicyclic amines) is 1. The van der Waals surface area contributed by atoms with Crippen LogP contribution in [0.5, 0.6) is 0 Å². The summed E-state index contributed by atoms with van der Waals surface area (Å²) < 4.78 is 2.07. The van der Waals surface area contributed by atoms with E-state index >= 15 is 0 Å². The number of nitrogens with one attached hydrogen (secondary N) is 2. The van der Waals surface area contributed by atoms with Crippen LogP contribution in [0.2, 0.25) is 5.02 Å². The molecule has 3 heterocycles. The molecule has 1 aliphatic rings. The summed E-state index contributed by atoms with van der Waals surface area (Å²) in [5.41, 5.74) is 1.50. The van der Waals surface area contributed by atoms with Crippen LogP contribution in [0.4, 0.5) is 0 Å². The van der Waals surface area contributed by atoms with Crippen LogP contribution in [0, 0.1) is 6.92 Å². The Hall–Kier alpha value is -1.64. The summed E-state index contributed by atoms with van der Waals surface area (Å²) in [6, 6.07) is -0.145. The van der Waals surface area contributed by atoms with E-state index in [4.69, 9.17) is 11.6 Å². The van der Waals surface area contributed by atoms with Gasteiger partial charge >= 0.3 is 0 Å². The number of aromatic nitrogens is 4. The molecule has 38 heavy (non-hydrogen) atoms. The quantitative estimate of drug-likeness (QED) is 0.129. The number of aliphatic hydroxyl groups is 1. The number of hydrogen-bond donors (Lipinski definition) is 3. The van der Waals surface area contributed by atoms with Gasteiger partial charge in [0.25, 0.3) is 5.91 Å². The largest absolute Gasteiger partial charge is 0.351 e. The lowest BCUT2D eigenvalue weighted by atomic mass is 9.96. The maximum atomic E-state index is 12.8. The molecule has 1 fully saturated rings. The standard InChI is InChI=1S/C29H51ClN6O2/c1-3-4-5-6-7-8-9-10-11-12-13-14-15-16-20-31-29(38)25-19-22-36(25,23-37)21-17-18-26-32-28-27(30)24(2)33-35(28)34-26/h25,37H,3-23H2,1-2H3,(H-,31,32,33,34,38)/p+1.